The molecule has 1 rings (SSSR count). The van der Waals surface area contributed by atoms with Crippen molar-refractivity contribution in [3.63, 3.8) is 0 Å². The highest BCUT2D eigenvalue weighted by molar-refractivity contribution is 4.79. The van der Waals surface area contributed by atoms with E-state index < -0.39 is 18.7 Å². The molecular weight excluding hydrogens is 195 g/mol. The van der Waals surface area contributed by atoms with Crippen molar-refractivity contribution < 1.29 is 18.3 Å². The lowest BCUT2D eigenvalue weighted by Gasteiger charge is -2.17. The minimum absolute atomic E-state index is 0.0622. The average molecular weight is 211 g/mol. The molecule has 0 saturated carbocycles. The highest BCUT2D eigenvalue weighted by atomic mass is 19.4. The molecule has 84 valence electrons. The zero-order valence-corrected chi connectivity index (χ0v) is 8.22. The molecule has 1 aliphatic heterocycles. The molecule has 2 nitrogen and oxygen atoms in total. The minimum atomic E-state index is -4.07. The van der Waals surface area contributed by atoms with Gasteiger partial charge in [0.2, 0.25) is 0 Å². The van der Waals surface area contributed by atoms with Gasteiger partial charge in [0, 0.05) is 13.1 Å². The van der Waals surface area contributed by atoms with Gasteiger partial charge in [0.25, 0.3) is 0 Å². The first-order valence-corrected chi connectivity index (χ1v) is 4.85. The van der Waals surface area contributed by atoms with Crippen molar-refractivity contribution in [1.82, 2.24) is 4.90 Å². The first kappa shape index (κ1) is 11.8. The van der Waals surface area contributed by atoms with Gasteiger partial charge in [-0.15, -0.1) is 0 Å². The number of aliphatic hydroxyl groups excluding tert-OH is 1. The molecule has 0 spiro atoms. The van der Waals surface area contributed by atoms with Gasteiger partial charge in [-0.25, -0.2) is 0 Å². The van der Waals surface area contributed by atoms with Gasteiger partial charge in [-0.1, -0.05) is 0 Å². The second-order valence-electron chi connectivity index (χ2n) is 3.96. The van der Waals surface area contributed by atoms with E-state index in [1.807, 2.05) is 0 Å². The summed E-state index contributed by atoms with van der Waals surface area (Å²) in [5.74, 6) is 0.142. The molecule has 0 bridgehead atoms. The molecule has 0 aromatic carbocycles. The standard InChI is InChI=1S/C9H16F3NO/c1-7(14)8-2-4-13(6-8)5-3-9(10,11)12/h7-8,14H,2-6H2,1H3. The van der Waals surface area contributed by atoms with E-state index in [0.717, 1.165) is 6.42 Å². The van der Waals surface area contributed by atoms with E-state index in [1.54, 1.807) is 11.8 Å². The SMILES string of the molecule is CC(O)C1CCN(CCC(F)(F)F)C1. The molecule has 1 N–H and O–H groups in total. The van der Waals surface area contributed by atoms with E-state index in [1.165, 1.54) is 0 Å². The number of nitrogens with zero attached hydrogens (tertiary/aromatic N) is 1. The molecule has 2 atom stereocenters. The number of alkyl halides is 3. The number of likely N-dealkylation sites (tertiary alicyclic amines) is 1. The van der Waals surface area contributed by atoms with Crippen molar-refractivity contribution in [2.45, 2.75) is 32.0 Å². The lowest BCUT2D eigenvalue weighted by Crippen LogP contribution is -2.28. The summed E-state index contributed by atoms with van der Waals surface area (Å²) in [6.45, 7) is 3.02. The van der Waals surface area contributed by atoms with Crippen LogP contribution in [0.25, 0.3) is 0 Å². The molecule has 2 unspecified atom stereocenters. The molecule has 0 aromatic rings. The lowest BCUT2D eigenvalue weighted by molar-refractivity contribution is -0.137. The Balaban J connectivity index is 2.23. The minimum Gasteiger partial charge on any atom is -0.393 e. The highest BCUT2D eigenvalue weighted by Gasteiger charge is 2.31. The summed E-state index contributed by atoms with van der Waals surface area (Å²) in [5, 5.41) is 9.25. The Kier molecular flexibility index (Phi) is 3.78. The fourth-order valence-electron chi connectivity index (χ4n) is 1.74. The number of rotatable bonds is 3. The Labute approximate surface area is 81.7 Å². The third-order valence-electron chi connectivity index (χ3n) is 2.70. The molecule has 1 saturated heterocycles. The zero-order valence-electron chi connectivity index (χ0n) is 8.22. The molecule has 0 aromatic heterocycles. The van der Waals surface area contributed by atoms with Gasteiger partial charge in [0.05, 0.1) is 12.5 Å². The smallest absolute Gasteiger partial charge is 0.390 e. The molecule has 5 heteroatoms. The molecule has 1 fully saturated rings. The fourth-order valence-corrected chi connectivity index (χ4v) is 1.74. The molecule has 0 aliphatic carbocycles. The summed E-state index contributed by atoms with van der Waals surface area (Å²) in [6.07, 6.45) is -4.43. The summed E-state index contributed by atoms with van der Waals surface area (Å²) >= 11 is 0. The van der Waals surface area contributed by atoms with E-state index in [0.29, 0.717) is 13.1 Å². The Morgan fingerprint density at radius 3 is 2.57 bits per heavy atom. The summed E-state index contributed by atoms with van der Waals surface area (Å²) in [5.41, 5.74) is 0. The summed E-state index contributed by atoms with van der Waals surface area (Å²) in [4.78, 5) is 1.77. The number of aliphatic hydroxyl groups is 1. The molecule has 14 heavy (non-hydrogen) atoms. The van der Waals surface area contributed by atoms with Crippen LogP contribution in [0, 0.1) is 5.92 Å². The fraction of sp³-hybridized carbons (Fsp3) is 1.00. The molecule has 0 amide bonds. The van der Waals surface area contributed by atoms with Crippen molar-refractivity contribution in [2.24, 2.45) is 5.92 Å². The van der Waals surface area contributed by atoms with Crippen molar-refractivity contribution in [2.75, 3.05) is 19.6 Å². The topological polar surface area (TPSA) is 23.5 Å². The molecular formula is C9H16F3NO. The van der Waals surface area contributed by atoms with Gasteiger partial charge in [0.15, 0.2) is 0 Å². The van der Waals surface area contributed by atoms with Crippen LogP contribution in [0.15, 0.2) is 0 Å². The second-order valence-corrected chi connectivity index (χ2v) is 3.96. The Hall–Kier alpha value is -0.290. The number of hydrogen-bond donors (Lipinski definition) is 1. The molecule has 0 radical (unpaired) electrons. The van der Waals surface area contributed by atoms with Crippen LogP contribution >= 0.6 is 0 Å². The summed E-state index contributed by atoms with van der Waals surface area (Å²) < 4.78 is 35.7. The van der Waals surface area contributed by atoms with Crippen LogP contribution in [0.4, 0.5) is 13.2 Å². The maximum Gasteiger partial charge on any atom is 0.390 e. The van der Waals surface area contributed by atoms with Gasteiger partial charge in [-0.3, -0.25) is 0 Å². The van der Waals surface area contributed by atoms with Gasteiger partial charge in [-0.05, 0) is 25.8 Å². The van der Waals surface area contributed by atoms with Crippen molar-refractivity contribution >= 4 is 0 Å². The second kappa shape index (κ2) is 4.49. The Morgan fingerprint density at radius 2 is 2.14 bits per heavy atom. The maximum absolute atomic E-state index is 11.9. The van der Waals surface area contributed by atoms with Gasteiger partial charge in [0.1, 0.15) is 0 Å². The van der Waals surface area contributed by atoms with Crippen LogP contribution in [0.3, 0.4) is 0 Å². The number of halogens is 3. The monoisotopic (exact) mass is 211 g/mol. The first-order chi connectivity index (χ1) is 6.38. The van der Waals surface area contributed by atoms with Crippen molar-refractivity contribution in [1.29, 1.82) is 0 Å². The number of hydrogen-bond acceptors (Lipinski definition) is 2. The van der Waals surface area contributed by atoms with Gasteiger partial charge < -0.3 is 10.0 Å². The Morgan fingerprint density at radius 1 is 1.50 bits per heavy atom. The van der Waals surface area contributed by atoms with E-state index in [-0.39, 0.29) is 12.5 Å². The lowest BCUT2D eigenvalue weighted by atomic mass is 10.0. The van der Waals surface area contributed by atoms with Gasteiger partial charge in [-0.2, -0.15) is 13.2 Å². The largest absolute Gasteiger partial charge is 0.393 e. The molecule has 1 heterocycles. The van der Waals surface area contributed by atoms with Crippen LogP contribution in [-0.4, -0.2) is 41.9 Å². The predicted molar refractivity (Wildman–Crippen MR) is 46.9 cm³/mol. The van der Waals surface area contributed by atoms with Crippen molar-refractivity contribution in [3.8, 4) is 0 Å². The third kappa shape index (κ3) is 3.84. The Bertz CT molecular complexity index is 181. The summed E-state index contributed by atoms with van der Waals surface area (Å²) in [6, 6.07) is 0. The zero-order chi connectivity index (χ0) is 10.8. The predicted octanol–water partition coefficient (Wildman–Crippen LogP) is 1.64. The highest BCUT2D eigenvalue weighted by Crippen LogP contribution is 2.24. The van der Waals surface area contributed by atoms with Crippen LogP contribution in [0.2, 0.25) is 0 Å². The maximum atomic E-state index is 11.9. The molecule has 1 aliphatic rings. The van der Waals surface area contributed by atoms with E-state index in [9.17, 15) is 18.3 Å². The quantitative estimate of drug-likeness (QED) is 0.767. The van der Waals surface area contributed by atoms with Crippen LogP contribution in [-0.2, 0) is 0 Å². The van der Waals surface area contributed by atoms with E-state index in [2.05, 4.69) is 0 Å². The van der Waals surface area contributed by atoms with E-state index >= 15 is 0 Å². The normalized spacial score (nSPS) is 26.8. The van der Waals surface area contributed by atoms with Crippen LogP contribution in [0.5, 0.6) is 0 Å². The van der Waals surface area contributed by atoms with Crippen LogP contribution < -0.4 is 0 Å². The summed E-state index contributed by atoms with van der Waals surface area (Å²) in [7, 11) is 0. The third-order valence-corrected chi connectivity index (χ3v) is 2.70. The van der Waals surface area contributed by atoms with Crippen LogP contribution in [0.1, 0.15) is 19.8 Å². The van der Waals surface area contributed by atoms with E-state index in [4.69, 9.17) is 0 Å². The first-order valence-electron chi connectivity index (χ1n) is 4.85. The van der Waals surface area contributed by atoms with Gasteiger partial charge >= 0.3 is 6.18 Å². The van der Waals surface area contributed by atoms with Crippen molar-refractivity contribution in [3.05, 3.63) is 0 Å². The average Bonchev–Trinajstić information content (AvgIpc) is 2.47.